The van der Waals surface area contributed by atoms with Gasteiger partial charge in [-0.05, 0) is 13.3 Å². The zero-order valence-electron chi connectivity index (χ0n) is 9.91. The first-order valence-electron chi connectivity index (χ1n) is 4.74. The third-order valence-corrected chi connectivity index (χ3v) is 4.53. The molecule has 0 heterocycles. The largest absolute Gasteiger partial charge is 0.397 e. The van der Waals surface area contributed by atoms with Gasteiger partial charge in [-0.1, -0.05) is 6.04 Å². The van der Waals surface area contributed by atoms with Gasteiger partial charge in [-0.3, -0.25) is 12.5 Å². The van der Waals surface area contributed by atoms with Crippen LogP contribution in [0.15, 0.2) is 0 Å². The zero-order chi connectivity index (χ0) is 11.4. The van der Waals surface area contributed by atoms with Crippen molar-refractivity contribution in [3.63, 3.8) is 0 Å². The van der Waals surface area contributed by atoms with Gasteiger partial charge in [0.1, 0.15) is 0 Å². The molecule has 0 atom stereocenters. The average molecular weight is 244 g/mol. The maximum atomic E-state index is 7.57. The van der Waals surface area contributed by atoms with Gasteiger partial charge in [0.2, 0.25) is 0 Å². The summed E-state index contributed by atoms with van der Waals surface area (Å²) < 4.78 is 15.6. The van der Waals surface area contributed by atoms with Crippen LogP contribution >= 0.6 is 10.9 Å². The molecular formula is C8H24O4SSi. The van der Waals surface area contributed by atoms with Crippen molar-refractivity contribution in [2.24, 2.45) is 0 Å². The van der Waals surface area contributed by atoms with Crippen molar-refractivity contribution in [2.45, 2.75) is 19.4 Å². The maximum Gasteiger partial charge on any atom is 0.0879 e. The van der Waals surface area contributed by atoms with Crippen LogP contribution in [0.2, 0.25) is 6.04 Å². The zero-order valence-corrected chi connectivity index (χ0v) is 12.7. The molecule has 0 fully saturated rings. The molecule has 0 aliphatic rings. The predicted octanol–water partition coefficient (Wildman–Crippen LogP) is 0.648. The molecule has 0 amide bonds. The molecule has 0 saturated heterocycles. The summed E-state index contributed by atoms with van der Waals surface area (Å²) in [4.78, 5) is 0. The van der Waals surface area contributed by atoms with Crippen molar-refractivity contribution in [3.8, 4) is 0 Å². The number of hydrogen-bond donors (Lipinski definition) is 1. The van der Waals surface area contributed by atoms with E-state index in [-0.39, 0.29) is 6.61 Å². The predicted molar refractivity (Wildman–Crippen MR) is 65.6 cm³/mol. The van der Waals surface area contributed by atoms with E-state index >= 15 is 0 Å². The van der Waals surface area contributed by atoms with Crippen molar-refractivity contribution in [1.29, 1.82) is 0 Å². The van der Waals surface area contributed by atoms with E-state index in [2.05, 4.69) is 0 Å². The number of aliphatic hydroxyl groups is 1. The summed E-state index contributed by atoms with van der Waals surface area (Å²) in [6.45, 7) is 1.93. The summed E-state index contributed by atoms with van der Waals surface area (Å²) in [5, 5.41) is 7.57. The van der Waals surface area contributed by atoms with Crippen LogP contribution in [0.3, 0.4) is 0 Å². The fraction of sp³-hybridized carbons (Fsp3) is 1.00. The van der Waals surface area contributed by atoms with E-state index in [1.165, 1.54) is 16.3 Å². The summed E-state index contributed by atoms with van der Waals surface area (Å²) in [5.74, 6) is 0.889. The van der Waals surface area contributed by atoms with Gasteiger partial charge >= 0.3 is 0 Å². The molecule has 0 aromatic carbocycles. The van der Waals surface area contributed by atoms with Gasteiger partial charge in [0.15, 0.2) is 0 Å². The van der Waals surface area contributed by atoms with Gasteiger partial charge < -0.3 is 5.11 Å². The Morgan fingerprint density at radius 3 is 1.71 bits per heavy atom. The van der Waals surface area contributed by atoms with Crippen LogP contribution < -0.4 is 0 Å². The molecule has 0 aliphatic carbocycles. The quantitative estimate of drug-likeness (QED) is 0.697. The summed E-state index contributed by atoms with van der Waals surface area (Å²) >= 11 is 0. The molecule has 0 saturated carbocycles. The Balaban J connectivity index is 0. The molecular weight excluding hydrogens is 220 g/mol. The molecule has 0 unspecified atom stereocenters. The van der Waals surface area contributed by atoms with E-state index in [9.17, 15) is 0 Å². The first-order chi connectivity index (χ1) is 6.66. The van der Waals surface area contributed by atoms with Crippen LogP contribution in [0.5, 0.6) is 0 Å². The van der Waals surface area contributed by atoms with Gasteiger partial charge in [-0.25, -0.2) is 0 Å². The van der Waals surface area contributed by atoms with Crippen molar-refractivity contribution in [1.82, 2.24) is 0 Å². The van der Waals surface area contributed by atoms with Gasteiger partial charge in [-0.15, -0.1) is 0 Å². The molecule has 90 valence electrons. The highest BCUT2D eigenvalue weighted by molar-refractivity contribution is 8.21. The molecule has 6 heteroatoms. The molecule has 0 radical (unpaired) electrons. The van der Waals surface area contributed by atoms with Crippen LogP contribution in [0.4, 0.5) is 0 Å². The first kappa shape index (κ1) is 16.8. The minimum absolute atomic E-state index is 0.250. The Bertz CT molecular complexity index is 103. The van der Waals surface area contributed by atoms with Crippen LogP contribution in [0.25, 0.3) is 0 Å². The molecule has 4 nitrogen and oxygen atoms in total. The molecule has 0 rings (SSSR count). The molecule has 0 aromatic heterocycles. The molecule has 0 bridgehead atoms. The highest BCUT2D eigenvalue weighted by Crippen LogP contribution is 2.49. The number of rotatable bonds is 6. The third kappa shape index (κ3) is 7.78. The Hall–Kier alpha value is 0.407. The summed E-state index contributed by atoms with van der Waals surface area (Å²) in [6, 6.07) is 1.27. The van der Waals surface area contributed by atoms with Crippen LogP contribution in [0.1, 0.15) is 13.3 Å². The van der Waals surface area contributed by atoms with Crippen molar-refractivity contribution < 1.29 is 17.7 Å². The molecule has 0 aromatic rings. The summed E-state index contributed by atoms with van der Waals surface area (Å²) in [6.07, 6.45) is 1.14. The maximum absolute atomic E-state index is 7.57. The minimum atomic E-state index is -1.65. The fourth-order valence-corrected chi connectivity index (χ4v) is 3.19. The second-order valence-corrected chi connectivity index (χ2v) is 5.96. The minimum Gasteiger partial charge on any atom is -0.397 e. The molecule has 0 spiro atoms. The number of aliphatic hydroxyl groups excluding tert-OH is 1. The lowest BCUT2D eigenvalue weighted by Gasteiger charge is -2.33. The standard InChI is InChI=1S/C6H18O3SSi.C2H6O/c1-7-10(8-2,9-3)5-4-6-11;1-2-3/h4-6H2,1-3,11H3;3H,2H2,1H3. The Labute approximate surface area is 92.3 Å². The van der Waals surface area contributed by atoms with Crippen LogP contribution in [-0.4, -0.2) is 49.0 Å². The lowest BCUT2D eigenvalue weighted by molar-refractivity contribution is 0.248. The molecule has 14 heavy (non-hydrogen) atoms. The van der Waals surface area contributed by atoms with E-state index in [1.807, 2.05) is 0 Å². The third-order valence-electron chi connectivity index (χ3n) is 1.51. The lowest BCUT2D eigenvalue weighted by Crippen LogP contribution is -2.10. The van der Waals surface area contributed by atoms with Crippen LogP contribution in [0, 0.1) is 0 Å². The lowest BCUT2D eigenvalue weighted by atomic mass is 10.6. The van der Waals surface area contributed by atoms with E-state index in [0.29, 0.717) is 0 Å². The van der Waals surface area contributed by atoms with Crippen molar-refractivity contribution >= 4 is 21.1 Å². The monoisotopic (exact) mass is 244 g/mol. The highest BCUT2D eigenvalue weighted by atomic mass is 32.3. The topological polar surface area (TPSA) is 47.9 Å². The van der Waals surface area contributed by atoms with E-state index in [4.69, 9.17) is 17.7 Å². The van der Waals surface area contributed by atoms with Crippen molar-refractivity contribution in [3.05, 3.63) is 0 Å². The second-order valence-electron chi connectivity index (χ2n) is 2.43. The highest BCUT2D eigenvalue weighted by Gasteiger charge is 2.21. The number of hydrogen-bond acceptors (Lipinski definition) is 4. The first-order valence-corrected chi connectivity index (χ1v) is 7.74. The summed E-state index contributed by atoms with van der Waals surface area (Å²) in [5.41, 5.74) is 0. The van der Waals surface area contributed by atoms with E-state index < -0.39 is 10.9 Å². The van der Waals surface area contributed by atoms with Crippen LogP contribution in [-0.2, 0) is 12.5 Å². The fourth-order valence-electron chi connectivity index (χ4n) is 0.775. The van der Waals surface area contributed by atoms with E-state index in [0.717, 1.165) is 12.2 Å². The Morgan fingerprint density at radius 1 is 1.14 bits per heavy atom. The molecule has 1 N–H and O–H groups in total. The normalized spacial score (nSPS) is 12.1. The van der Waals surface area contributed by atoms with E-state index in [1.54, 1.807) is 28.3 Å². The van der Waals surface area contributed by atoms with Gasteiger partial charge in [0.05, 0.1) is 32.2 Å². The molecule has 0 aliphatic heterocycles. The second kappa shape index (κ2) is 11.5. The van der Waals surface area contributed by atoms with Crippen molar-refractivity contribution in [2.75, 3.05) is 33.7 Å². The smallest absolute Gasteiger partial charge is 0.0879 e. The van der Waals surface area contributed by atoms with Gasteiger partial charge in [0.25, 0.3) is 0 Å². The SMILES string of the molecule is CCO.COS(CCC[SiH3])(OC)OC. The Morgan fingerprint density at radius 2 is 1.50 bits per heavy atom. The Kier molecular flexibility index (Phi) is 13.8. The summed E-state index contributed by atoms with van der Waals surface area (Å²) in [7, 11) is 4.49. The van der Waals surface area contributed by atoms with Gasteiger partial charge in [0, 0.05) is 22.6 Å². The average Bonchev–Trinajstić information content (AvgIpc) is 2.22. The van der Waals surface area contributed by atoms with Gasteiger partial charge in [-0.2, -0.15) is 0 Å².